The third kappa shape index (κ3) is 3.75. The minimum absolute atomic E-state index is 0.000149. The number of rotatable bonds is 5. The van der Waals surface area contributed by atoms with Crippen LogP contribution in [0.3, 0.4) is 0 Å². The molecule has 0 unspecified atom stereocenters. The standard InChI is InChI=1S/C18H23N3O3/c1-2-15-12-16(24-19-15)18(23)21-11-10-20(17(22)13-21)9-8-14-6-4-3-5-7-14/h3-7,16H,2,8-13H2,1H3/t16-/m0/s1. The summed E-state index contributed by atoms with van der Waals surface area (Å²) in [6, 6.07) is 10.1. The Bertz CT molecular complexity index is 630. The maximum atomic E-state index is 12.5. The molecule has 0 aromatic heterocycles. The molecule has 2 amide bonds. The molecule has 1 aromatic rings. The summed E-state index contributed by atoms with van der Waals surface area (Å²) in [5.41, 5.74) is 2.12. The molecule has 2 heterocycles. The van der Waals surface area contributed by atoms with Crippen LogP contribution in [0.2, 0.25) is 0 Å². The van der Waals surface area contributed by atoms with Gasteiger partial charge in [0.1, 0.15) is 0 Å². The Morgan fingerprint density at radius 3 is 2.75 bits per heavy atom. The van der Waals surface area contributed by atoms with Crippen molar-refractivity contribution in [2.24, 2.45) is 5.16 Å². The molecule has 0 spiro atoms. The van der Waals surface area contributed by atoms with Crippen LogP contribution in [0.25, 0.3) is 0 Å². The summed E-state index contributed by atoms with van der Waals surface area (Å²) < 4.78 is 0. The van der Waals surface area contributed by atoms with Gasteiger partial charge in [0, 0.05) is 26.1 Å². The average Bonchev–Trinajstić information content (AvgIpc) is 3.10. The number of nitrogens with zero attached hydrogens (tertiary/aromatic N) is 3. The molecule has 1 saturated heterocycles. The lowest BCUT2D eigenvalue weighted by molar-refractivity contribution is -0.151. The van der Waals surface area contributed by atoms with Gasteiger partial charge in [-0.15, -0.1) is 0 Å². The van der Waals surface area contributed by atoms with Crippen molar-refractivity contribution in [1.82, 2.24) is 9.80 Å². The van der Waals surface area contributed by atoms with Crippen LogP contribution in [0, 0.1) is 0 Å². The van der Waals surface area contributed by atoms with Gasteiger partial charge in [-0.3, -0.25) is 9.59 Å². The molecule has 2 aliphatic heterocycles. The highest BCUT2D eigenvalue weighted by atomic mass is 16.6. The van der Waals surface area contributed by atoms with E-state index in [9.17, 15) is 9.59 Å². The van der Waals surface area contributed by atoms with E-state index in [2.05, 4.69) is 17.3 Å². The van der Waals surface area contributed by atoms with Crippen molar-refractivity contribution in [2.45, 2.75) is 32.3 Å². The molecular formula is C18H23N3O3. The van der Waals surface area contributed by atoms with Gasteiger partial charge in [0.25, 0.3) is 5.91 Å². The van der Waals surface area contributed by atoms with Crippen molar-refractivity contribution in [3.05, 3.63) is 35.9 Å². The molecule has 1 fully saturated rings. The highest BCUT2D eigenvalue weighted by molar-refractivity contribution is 5.94. The molecule has 1 atom stereocenters. The van der Waals surface area contributed by atoms with E-state index in [0.717, 1.165) is 18.6 Å². The SMILES string of the molecule is CCC1=NO[C@H](C(=O)N2CCN(CCc3ccccc3)C(=O)C2)C1. The number of oxime groups is 1. The van der Waals surface area contributed by atoms with Crippen LogP contribution in [0.15, 0.2) is 35.5 Å². The van der Waals surface area contributed by atoms with Gasteiger partial charge in [0.05, 0.1) is 12.3 Å². The Kier molecular flexibility index (Phi) is 5.13. The van der Waals surface area contributed by atoms with Crippen molar-refractivity contribution in [3.8, 4) is 0 Å². The Balaban J connectivity index is 1.48. The smallest absolute Gasteiger partial charge is 0.267 e. The summed E-state index contributed by atoms with van der Waals surface area (Å²) in [6.45, 7) is 3.94. The Morgan fingerprint density at radius 1 is 1.29 bits per heavy atom. The normalized spacial score (nSPS) is 20.8. The van der Waals surface area contributed by atoms with Crippen molar-refractivity contribution >= 4 is 17.5 Å². The predicted molar refractivity (Wildman–Crippen MR) is 90.5 cm³/mol. The van der Waals surface area contributed by atoms with Crippen molar-refractivity contribution in [3.63, 3.8) is 0 Å². The molecule has 0 radical (unpaired) electrons. The minimum Gasteiger partial charge on any atom is -0.382 e. The predicted octanol–water partition coefficient (Wildman–Crippen LogP) is 1.45. The first-order chi connectivity index (χ1) is 11.7. The third-order valence-electron chi connectivity index (χ3n) is 4.56. The van der Waals surface area contributed by atoms with Crippen LogP contribution in [0.4, 0.5) is 0 Å². The molecule has 6 heteroatoms. The molecule has 0 aliphatic carbocycles. The zero-order valence-corrected chi connectivity index (χ0v) is 14.0. The maximum absolute atomic E-state index is 12.5. The first kappa shape index (κ1) is 16.5. The van der Waals surface area contributed by atoms with Gasteiger partial charge in [-0.05, 0) is 18.4 Å². The van der Waals surface area contributed by atoms with Crippen LogP contribution in [0.1, 0.15) is 25.3 Å². The van der Waals surface area contributed by atoms with E-state index in [0.29, 0.717) is 26.1 Å². The quantitative estimate of drug-likeness (QED) is 0.821. The second-order valence-corrected chi connectivity index (χ2v) is 6.19. The highest BCUT2D eigenvalue weighted by Crippen LogP contribution is 2.17. The summed E-state index contributed by atoms with van der Waals surface area (Å²) in [6.07, 6.45) is 1.61. The molecule has 6 nitrogen and oxygen atoms in total. The van der Waals surface area contributed by atoms with Gasteiger partial charge in [-0.1, -0.05) is 42.4 Å². The fraction of sp³-hybridized carbons (Fsp3) is 0.500. The van der Waals surface area contributed by atoms with E-state index in [4.69, 9.17) is 4.84 Å². The topological polar surface area (TPSA) is 62.2 Å². The van der Waals surface area contributed by atoms with E-state index in [1.54, 1.807) is 4.90 Å². The number of carbonyl (C=O) groups excluding carboxylic acids is 2. The minimum atomic E-state index is -0.552. The van der Waals surface area contributed by atoms with Crippen LogP contribution in [-0.2, 0) is 20.8 Å². The molecule has 0 bridgehead atoms. The lowest BCUT2D eigenvalue weighted by Crippen LogP contribution is -2.54. The van der Waals surface area contributed by atoms with Gasteiger partial charge >= 0.3 is 0 Å². The van der Waals surface area contributed by atoms with Gasteiger partial charge < -0.3 is 14.6 Å². The van der Waals surface area contributed by atoms with E-state index in [1.807, 2.05) is 30.0 Å². The molecule has 128 valence electrons. The van der Waals surface area contributed by atoms with E-state index >= 15 is 0 Å². The van der Waals surface area contributed by atoms with Gasteiger partial charge in [0.15, 0.2) is 0 Å². The first-order valence-electron chi connectivity index (χ1n) is 8.49. The van der Waals surface area contributed by atoms with Gasteiger partial charge in [0.2, 0.25) is 12.0 Å². The Morgan fingerprint density at radius 2 is 2.08 bits per heavy atom. The fourth-order valence-corrected chi connectivity index (χ4v) is 3.01. The first-order valence-corrected chi connectivity index (χ1v) is 8.49. The molecular weight excluding hydrogens is 306 g/mol. The van der Waals surface area contributed by atoms with Crippen LogP contribution in [0.5, 0.6) is 0 Å². The fourth-order valence-electron chi connectivity index (χ4n) is 3.01. The van der Waals surface area contributed by atoms with E-state index < -0.39 is 6.10 Å². The van der Waals surface area contributed by atoms with Crippen molar-refractivity contribution in [2.75, 3.05) is 26.2 Å². The molecule has 24 heavy (non-hydrogen) atoms. The summed E-state index contributed by atoms with van der Waals surface area (Å²) in [5.74, 6) is -0.126. The molecule has 0 saturated carbocycles. The largest absolute Gasteiger partial charge is 0.382 e. The van der Waals surface area contributed by atoms with Gasteiger partial charge in [-0.2, -0.15) is 0 Å². The number of benzene rings is 1. The molecule has 0 N–H and O–H groups in total. The number of carbonyl (C=O) groups is 2. The summed E-state index contributed by atoms with van der Waals surface area (Å²) in [7, 11) is 0. The second kappa shape index (κ2) is 7.47. The van der Waals surface area contributed by atoms with Crippen molar-refractivity contribution < 1.29 is 14.4 Å². The average molecular weight is 329 g/mol. The van der Waals surface area contributed by atoms with Crippen molar-refractivity contribution in [1.29, 1.82) is 0 Å². The summed E-state index contributed by atoms with van der Waals surface area (Å²) in [4.78, 5) is 33.4. The summed E-state index contributed by atoms with van der Waals surface area (Å²) >= 11 is 0. The second-order valence-electron chi connectivity index (χ2n) is 6.19. The van der Waals surface area contributed by atoms with E-state index in [-0.39, 0.29) is 18.4 Å². The third-order valence-corrected chi connectivity index (χ3v) is 4.56. The summed E-state index contributed by atoms with van der Waals surface area (Å²) in [5, 5.41) is 3.92. The van der Waals surface area contributed by atoms with Gasteiger partial charge in [-0.25, -0.2) is 0 Å². The lowest BCUT2D eigenvalue weighted by atomic mass is 10.1. The van der Waals surface area contributed by atoms with E-state index in [1.165, 1.54) is 5.56 Å². The lowest BCUT2D eigenvalue weighted by Gasteiger charge is -2.35. The van der Waals surface area contributed by atoms with Crippen LogP contribution in [-0.4, -0.2) is 59.6 Å². The van der Waals surface area contributed by atoms with Crippen LogP contribution >= 0.6 is 0 Å². The molecule has 3 rings (SSSR count). The van der Waals surface area contributed by atoms with Crippen LogP contribution < -0.4 is 0 Å². The molecule has 1 aromatic carbocycles. The zero-order valence-electron chi connectivity index (χ0n) is 14.0. The number of piperazine rings is 1. The number of hydrogen-bond donors (Lipinski definition) is 0. The number of hydrogen-bond acceptors (Lipinski definition) is 4. The number of amides is 2. The molecule has 2 aliphatic rings. The highest BCUT2D eigenvalue weighted by Gasteiger charge is 2.35. The Labute approximate surface area is 142 Å². The zero-order chi connectivity index (χ0) is 16.9. The monoisotopic (exact) mass is 329 g/mol. The Hall–Kier alpha value is -2.37. The maximum Gasteiger partial charge on any atom is 0.267 e.